The molecule has 0 radical (unpaired) electrons. The lowest BCUT2D eigenvalue weighted by Crippen LogP contribution is -2.52. The van der Waals surface area contributed by atoms with E-state index in [0.717, 1.165) is 38.4 Å². The zero-order valence-corrected chi connectivity index (χ0v) is 12.4. The van der Waals surface area contributed by atoms with Gasteiger partial charge < -0.3 is 10.2 Å². The van der Waals surface area contributed by atoms with Gasteiger partial charge in [0.2, 0.25) is 0 Å². The molecule has 1 N–H and O–H groups in total. The van der Waals surface area contributed by atoms with Crippen LogP contribution >= 0.6 is 0 Å². The van der Waals surface area contributed by atoms with Gasteiger partial charge in [0, 0.05) is 38.5 Å². The van der Waals surface area contributed by atoms with Crippen molar-refractivity contribution >= 4 is 5.91 Å². The Bertz CT molecular complexity index is 342. The molecule has 0 aromatic heterocycles. The number of carbonyl (C=O) groups excluding carboxylic acids is 1. The van der Waals surface area contributed by atoms with E-state index in [4.69, 9.17) is 0 Å². The molecule has 3 nitrogen and oxygen atoms in total. The van der Waals surface area contributed by atoms with E-state index in [1.807, 2.05) is 0 Å². The van der Waals surface area contributed by atoms with Crippen LogP contribution in [0.15, 0.2) is 0 Å². The van der Waals surface area contributed by atoms with Gasteiger partial charge in [-0.2, -0.15) is 0 Å². The van der Waals surface area contributed by atoms with Crippen LogP contribution in [-0.4, -0.2) is 42.2 Å². The molecule has 0 atom stereocenters. The number of hydrogen-bond acceptors (Lipinski definition) is 2. The van der Waals surface area contributed by atoms with Crippen molar-refractivity contribution in [2.75, 3.05) is 19.6 Å². The maximum Gasteiger partial charge on any atom is 0.257 e. The SMILES string of the molecule is O=C(NC1CC1)C1(F)CCN(CC2CCCCC2)CC1. The first kappa shape index (κ1) is 14.3. The van der Waals surface area contributed by atoms with Crippen LogP contribution in [0.1, 0.15) is 57.8 Å². The summed E-state index contributed by atoms with van der Waals surface area (Å²) in [5, 5.41) is 2.83. The minimum absolute atomic E-state index is 0.260. The summed E-state index contributed by atoms with van der Waals surface area (Å²) in [6, 6.07) is 0.260. The Labute approximate surface area is 121 Å². The first-order valence-corrected chi connectivity index (χ1v) is 8.38. The fraction of sp³-hybridized carbons (Fsp3) is 0.938. The lowest BCUT2D eigenvalue weighted by molar-refractivity contribution is -0.136. The van der Waals surface area contributed by atoms with Gasteiger partial charge in [0.1, 0.15) is 0 Å². The summed E-state index contributed by atoms with van der Waals surface area (Å²) in [5.74, 6) is 0.452. The fourth-order valence-corrected chi connectivity index (χ4v) is 3.59. The second-order valence-corrected chi connectivity index (χ2v) is 7.02. The van der Waals surface area contributed by atoms with Crippen molar-refractivity contribution in [3.63, 3.8) is 0 Å². The number of alkyl halides is 1. The Morgan fingerprint density at radius 2 is 1.75 bits per heavy atom. The van der Waals surface area contributed by atoms with Crippen molar-refractivity contribution < 1.29 is 9.18 Å². The molecule has 2 saturated carbocycles. The molecule has 20 heavy (non-hydrogen) atoms. The lowest BCUT2D eigenvalue weighted by atomic mass is 9.87. The summed E-state index contributed by atoms with van der Waals surface area (Å²) < 4.78 is 14.7. The van der Waals surface area contributed by atoms with E-state index >= 15 is 0 Å². The van der Waals surface area contributed by atoms with Crippen LogP contribution < -0.4 is 5.32 Å². The zero-order chi connectivity index (χ0) is 14.0. The van der Waals surface area contributed by atoms with Crippen LogP contribution in [0.2, 0.25) is 0 Å². The monoisotopic (exact) mass is 282 g/mol. The van der Waals surface area contributed by atoms with Crippen molar-refractivity contribution in [1.82, 2.24) is 10.2 Å². The number of nitrogens with zero attached hydrogens (tertiary/aromatic N) is 1. The van der Waals surface area contributed by atoms with Crippen LogP contribution in [0.25, 0.3) is 0 Å². The van der Waals surface area contributed by atoms with Crippen LogP contribution in [0.3, 0.4) is 0 Å². The third kappa shape index (κ3) is 3.51. The highest BCUT2D eigenvalue weighted by Gasteiger charge is 2.43. The number of hydrogen-bond donors (Lipinski definition) is 1. The number of halogens is 1. The first-order valence-electron chi connectivity index (χ1n) is 8.38. The van der Waals surface area contributed by atoms with E-state index in [0.29, 0.717) is 12.8 Å². The summed E-state index contributed by atoms with van der Waals surface area (Å²) in [6.07, 6.45) is 9.55. The lowest BCUT2D eigenvalue weighted by Gasteiger charge is -2.37. The Morgan fingerprint density at radius 3 is 2.35 bits per heavy atom. The average Bonchev–Trinajstić information content (AvgIpc) is 3.27. The van der Waals surface area contributed by atoms with Crippen LogP contribution in [0, 0.1) is 5.92 Å². The van der Waals surface area contributed by atoms with Crippen molar-refractivity contribution in [3.05, 3.63) is 0 Å². The summed E-state index contributed by atoms with van der Waals surface area (Å²) >= 11 is 0. The number of piperidine rings is 1. The highest BCUT2D eigenvalue weighted by Crippen LogP contribution is 2.31. The van der Waals surface area contributed by atoms with Crippen molar-refractivity contribution in [1.29, 1.82) is 0 Å². The molecule has 3 fully saturated rings. The summed E-state index contributed by atoms with van der Waals surface area (Å²) in [6.45, 7) is 2.59. The van der Waals surface area contributed by atoms with Crippen LogP contribution in [-0.2, 0) is 4.79 Å². The summed E-state index contributed by atoms with van der Waals surface area (Å²) in [5.41, 5.74) is -1.61. The fourth-order valence-electron chi connectivity index (χ4n) is 3.59. The van der Waals surface area contributed by atoms with E-state index in [1.165, 1.54) is 32.1 Å². The first-order chi connectivity index (χ1) is 9.66. The zero-order valence-electron chi connectivity index (χ0n) is 12.4. The van der Waals surface area contributed by atoms with Gasteiger partial charge in [0.05, 0.1) is 0 Å². The van der Waals surface area contributed by atoms with Gasteiger partial charge in [-0.05, 0) is 31.6 Å². The number of likely N-dealkylation sites (tertiary alicyclic amines) is 1. The maximum atomic E-state index is 14.7. The Hall–Kier alpha value is -0.640. The van der Waals surface area contributed by atoms with E-state index in [2.05, 4.69) is 10.2 Å². The number of amides is 1. The standard InChI is InChI=1S/C16H27FN2O/c17-16(15(20)18-14-6-7-14)8-10-19(11-9-16)12-13-4-2-1-3-5-13/h13-14H,1-12H2,(H,18,20). The van der Waals surface area contributed by atoms with E-state index in [-0.39, 0.29) is 11.9 Å². The third-order valence-electron chi connectivity index (χ3n) is 5.21. The molecule has 0 aromatic rings. The summed E-state index contributed by atoms with van der Waals surface area (Å²) in [4.78, 5) is 14.3. The topological polar surface area (TPSA) is 32.3 Å². The van der Waals surface area contributed by atoms with Gasteiger partial charge in [0.25, 0.3) is 5.91 Å². The molecule has 0 unspecified atom stereocenters. The van der Waals surface area contributed by atoms with Gasteiger partial charge in [0.15, 0.2) is 5.67 Å². The molecule has 1 amide bonds. The Kier molecular flexibility index (Phi) is 4.29. The Morgan fingerprint density at radius 1 is 1.10 bits per heavy atom. The van der Waals surface area contributed by atoms with Crippen molar-refractivity contribution in [2.24, 2.45) is 5.92 Å². The second kappa shape index (κ2) is 6.00. The molecule has 3 rings (SSSR count). The van der Waals surface area contributed by atoms with Gasteiger partial charge in [-0.15, -0.1) is 0 Å². The largest absolute Gasteiger partial charge is 0.351 e. The van der Waals surface area contributed by atoms with E-state index in [1.54, 1.807) is 0 Å². The number of nitrogens with one attached hydrogen (secondary N) is 1. The van der Waals surface area contributed by atoms with E-state index < -0.39 is 5.67 Å². The quantitative estimate of drug-likeness (QED) is 0.860. The molecule has 4 heteroatoms. The minimum Gasteiger partial charge on any atom is -0.351 e. The molecule has 2 aliphatic carbocycles. The highest BCUT2D eigenvalue weighted by molar-refractivity contribution is 5.85. The molecule has 0 spiro atoms. The molecular formula is C16H27FN2O. The highest BCUT2D eigenvalue weighted by atomic mass is 19.1. The predicted molar refractivity (Wildman–Crippen MR) is 77.3 cm³/mol. The van der Waals surface area contributed by atoms with Gasteiger partial charge in [-0.25, -0.2) is 4.39 Å². The van der Waals surface area contributed by atoms with Crippen molar-refractivity contribution in [3.8, 4) is 0 Å². The van der Waals surface area contributed by atoms with Crippen LogP contribution in [0.4, 0.5) is 4.39 Å². The van der Waals surface area contributed by atoms with Crippen LogP contribution in [0.5, 0.6) is 0 Å². The summed E-state index contributed by atoms with van der Waals surface area (Å²) in [7, 11) is 0. The molecule has 1 aliphatic heterocycles. The molecule has 114 valence electrons. The molecular weight excluding hydrogens is 255 g/mol. The molecule has 0 aromatic carbocycles. The molecule has 0 bridgehead atoms. The minimum atomic E-state index is -1.61. The van der Waals surface area contributed by atoms with Gasteiger partial charge in [-0.1, -0.05) is 19.3 Å². The normalized spacial score (nSPS) is 28.2. The number of carbonyl (C=O) groups is 1. The average molecular weight is 282 g/mol. The third-order valence-corrected chi connectivity index (χ3v) is 5.21. The van der Waals surface area contributed by atoms with Crippen molar-refractivity contribution in [2.45, 2.75) is 69.5 Å². The Balaban J connectivity index is 1.44. The van der Waals surface area contributed by atoms with Gasteiger partial charge in [-0.3, -0.25) is 4.79 Å². The molecule has 1 heterocycles. The maximum absolute atomic E-state index is 14.7. The molecule has 3 aliphatic rings. The second-order valence-electron chi connectivity index (χ2n) is 7.02. The van der Waals surface area contributed by atoms with E-state index in [9.17, 15) is 9.18 Å². The smallest absolute Gasteiger partial charge is 0.257 e. The molecule has 1 saturated heterocycles. The number of rotatable bonds is 4. The predicted octanol–water partition coefficient (Wildman–Crippen LogP) is 2.65. The van der Waals surface area contributed by atoms with Gasteiger partial charge >= 0.3 is 0 Å².